The minimum absolute atomic E-state index is 0.0336. The Labute approximate surface area is 153 Å². The second-order valence-electron chi connectivity index (χ2n) is 5.94. The molecule has 4 rings (SSSR count). The molecule has 0 saturated heterocycles. The Balaban J connectivity index is 1.67. The molecule has 0 aliphatic rings. The zero-order chi connectivity index (χ0) is 18.8. The highest BCUT2D eigenvalue weighted by atomic mass is 16.1. The maximum atomic E-state index is 12.6. The van der Waals surface area contributed by atoms with Gasteiger partial charge in [-0.25, -0.2) is 4.68 Å². The van der Waals surface area contributed by atoms with Gasteiger partial charge in [-0.2, -0.15) is 15.0 Å². The smallest absolute Gasteiger partial charge is 0.278 e. The molecular weight excluding hydrogens is 344 g/mol. The van der Waals surface area contributed by atoms with Crippen LogP contribution < -0.4 is 16.6 Å². The number of aryl methyl sites for hydroxylation is 1. The lowest BCUT2D eigenvalue weighted by Gasteiger charge is -2.10. The SMILES string of the molecule is Cc1ccccc1Nc1nc(N)nc(Cn2nnc3ccccc3c2=O)n1. The lowest BCUT2D eigenvalue weighted by molar-refractivity contribution is 0.581. The first-order valence-corrected chi connectivity index (χ1v) is 8.26. The molecule has 9 nitrogen and oxygen atoms in total. The van der Waals surface area contributed by atoms with Crippen LogP contribution in [-0.2, 0) is 6.54 Å². The molecule has 2 aromatic heterocycles. The van der Waals surface area contributed by atoms with Gasteiger partial charge in [-0.3, -0.25) is 4.79 Å². The van der Waals surface area contributed by atoms with E-state index in [1.54, 1.807) is 24.3 Å². The van der Waals surface area contributed by atoms with Crippen molar-refractivity contribution in [1.29, 1.82) is 0 Å². The predicted octanol–water partition coefficient (Wildman–Crippen LogP) is 1.66. The van der Waals surface area contributed by atoms with E-state index in [4.69, 9.17) is 5.73 Å². The molecule has 0 spiro atoms. The molecule has 2 heterocycles. The van der Waals surface area contributed by atoms with Gasteiger partial charge in [0, 0.05) is 5.69 Å². The highest BCUT2D eigenvalue weighted by molar-refractivity contribution is 5.76. The molecule has 2 aromatic carbocycles. The van der Waals surface area contributed by atoms with Crippen molar-refractivity contribution in [1.82, 2.24) is 29.9 Å². The first kappa shape index (κ1) is 16.6. The molecule has 0 aliphatic carbocycles. The van der Waals surface area contributed by atoms with Gasteiger partial charge in [-0.15, -0.1) is 5.10 Å². The number of hydrogen-bond donors (Lipinski definition) is 2. The predicted molar refractivity (Wildman–Crippen MR) is 102 cm³/mol. The first-order valence-electron chi connectivity index (χ1n) is 8.26. The van der Waals surface area contributed by atoms with Crippen LogP contribution in [0.1, 0.15) is 11.4 Å². The minimum atomic E-state index is -0.270. The quantitative estimate of drug-likeness (QED) is 0.563. The van der Waals surface area contributed by atoms with Gasteiger partial charge in [0.15, 0.2) is 5.82 Å². The number of nitrogens with two attached hydrogens (primary N) is 1. The minimum Gasteiger partial charge on any atom is -0.368 e. The van der Waals surface area contributed by atoms with Crippen LogP contribution in [-0.4, -0.2) is 29.9 Å². The number of rotatable bonds is 4. The molecule has 27 heavy (non-hydrogen) atoms. The number of nitrogen functional groups attached to an aromatic ring is 1. The van der Waals surface area contributed by atoms with Crippen LogP contribution >= 0.6 is 0 Å². The fourth-order valence-corrected chi connectivity index (χ4v) is 2.66. The zero-order valence-corrected chi connectivity index (χ0v) is 14.5. The molecule has 9 heteroatoms. The van der Waals surface area contributed by atoms with Crippen LogP contribution in [0.2, 0.25) is 0 Å². The Hall–Kier alpha value is -3.88. The molecule has 0 radical (unpaired) electrons. The van der Waals surface area contributed by atoms with E-state index in [0.29, 0.717) is 22.7 Å². The maximum absolute atomic E-state index is 12.6. The normalized spacial score (nSPS) is 10.9. The number of nitrogens with one attached hydrogen (secondary N) is 1. The highest BCUT2D eigenvalue weighted by Gasteiger charge is 2.10. The average molecular weight is 360 g/mol. The summed E-state index contributed by atoms with van der Waals surface area (Å²) in [4.78, 5) is 25.1. The van der Waals surface area contributed by atoms with Crippen LogP contribution in [0.5, 0.6) is 0 Å². The van der Waals surface area contributed by atoms with E-state index in [9.17, 15) is 4.79 Å². The lowest BCUT2D eigenvalue weighted by atomic mass is 10.2. The third-order valence-corrected chi connectivity index (χ3v) is 4.01. The summed E-state index contributed by atoms with van der Waals surface area (Å²) in [5.74, 6) is 0.664. The fourth-order valence-electron chi connectivity index (χ4n) is 2.66. The molecule has 0 saturated carbocycles. The molecule has 0 amide bonds. The van der Waals surface area contributed by atoms with Gasteiger partial charge in [-0.1, -0.05) is 35.5 Å². The zero-order valence-electron chi connectivity index (χ0n) is 14.5. The average Bonchev–Trinajstić information content (AvgIpc) is 2.66. The molecule has 0 unspecified atom stereocenters. The largest absolute Gasteiger partial charge is 0.368 e. The Bertz CT molecular complexity index is 1190. The van der Waals surface area contributed by atoms with E-state index in [-0.39, 0.29) is 18.1 Å². The van der Waals surface area contributed by atoms with Crippen molar-refractivity contribution in [2.75, 3.05) is 11.1 Å². The van der Waals surface area contributed by atoms with Gasteiger partial charge >= 0.3 is 0 Å². The second-order valence-corrected chi connectivity index (χ2v) is 5.94. The summed E-state index contributed by atoms with van der Waals surface area (Å²) < 4.78 is 1.20. The van der Waals surface area contributed by atoms with Gasteiger partial charge in [0.05, 0.1) is 5.39 Å². The molecular formula is C18H16N8O. The van der Waals surface area contributed by atoms with Crippen molar-refractivity contribution in [2.24, 2.45) is 0 Å². The number of fused-ring (bicyclic) bond motifs is 1. The monoisotopic (exact) mass is 360 g/mol. The maximum Gasteiger partial charge on any atom is 0.278 e. The van der Waals surface area contributed by atoms with Crippen LogP contribution in [0.3, 0.4) is 0 Å². The summed E-state index contributed by atoms with van der Waals surface area (Å²) in [5.41, 5.74) is 7.97. The van der Waals surface area contributed by atoms with Gasteiger partial charge < -0.3 is 11.1 Å². The standard InChI is InChI=1S/C18H16N8O/c1-11-6-2-4-8-13(11)20-18-22-15(21-17(19)23-18)10-26-16(27)12-7-3-5-9-14(12)24-25-26/h2-9H,10H2,1H3,(H3,19,20,21,22,23). The Morgan fingerprint density at radius 2 is 1.81 bits per heavy atom. The number of nitrogens with zero attached hydrogens (tertiary/aromatic N) is 6. The summed E-state index contributed by atoms with van der Waals surface area (Å²) in [7, 11) is 0. The van der Waals surface area contributed by atoms with Crippen LogP contribution in [0.4, 0.5) is 17.6 Å². The Morgan fingerprint density at radius 3 is 2.67 bits per heavy atom. The summed E-state index contributed by atoms with van der Waals surface area (Å²) in [6.07, 6.45) is 0. The van der Waals surface area contributed by atoms with E-state index >= 15 is 0 Å². The molecule has 3 N–H and O–H groups in total. The second kappa shape index (κ2) is 6.79. The summed E-state index contributed by atoms with van der Waals surface area (Å²) in [5, 5.41) is 11.6. The number of aromatic nitrogens is 6. The molecule has 0 fully saturated rings. The van der Waals surface area contributed by atoms with Gasteiger partial charge in [0.1, 0.15) is 12.1 Å². The number of para-hydroxylation sites is 1. The van der Waals surface area contributed by atoms with Gasteiger partial charge in [0.25, 0.3) is 5.56 Å². The Morgan fingerprint density at radius 1 is 1.04 bits per heavy atom. The van der Waals surface area contributed by atoms with Crippen molar-refractivity contribution in [3.63, 3.8) is 0 Å². The third kappa shape index (κ3) is 3.43. The summed E-state index contributed by atoms with van der Waals surface area (Å²) in [6.45, 7) is 2.00. The van der Waals surface area contributed by atoms with E-state index in [1.807, 2.05) is 31.2 Å². The van der Waals surface area contributed by atoms with Crippen molar-refractivity contribution in [3.05, 3.63) is 70.3 Å². The molecule has 0 bridgehead atoms. The molecule has 134 valence electrons. The number of hydrogen-bond acceptors (Lipinski definition) is 8. The van der Waals surface area contributed by atoms with Gasteiger partial charge in [-0.05, 0) is 30.7 Å². The highest BCUT2D eigenvalue weighted by Crippen LogP contribution is 2.17. The number of benzene rings is 2. The third-order valence-electron chi connectivity index (χ3n) is 4.01. The molecule has 0 atom stereocenters. The van der Waals surface area contributed by atoms with E-state index in [1.165, 1.54) is 4.68 Å². The first-order chi connectivity index (χ1) is 13.1. The van der Waals surface area contributed by atoms with Crippen LogP contribution in [0, 0.1) is 6.92 Å². The molecule has 0 aliphatic heterocycles. The van der Waals surface area contributed by atoms with Crippen molar-refractivity contribution in [2.45, 2.75) is 13.5 Å². The van der Waals surface area contributed by atoms with Crippen molar-refractivity contribution >= 4 is 28.5 Å². The fraction of sp³-hybridized carbons (Fsp3) is 0.111. The van der Waals surface area contributed by atoms with Crippen LogP contribution in [0.25, 0.3) is 10.9 Å². The lowest BCUT2D eigenvalue weighted by Crippen LogP contribution is -2.26. The summed E-state index contributed by atoms with van der Waals surface area (Å²) in [6, 6.07) is 14.8. The van der Waals surface area contributed by atoms with Crippen LogP contribution in [0.15, 0.2) is 53.3 Å². The molecule has 4 aromatic rings. The van der Waals surface area contributed by atoms with Crippen molar-refractivity contribution in [3.8, 4) is 0 Å². The summed E-state index contributed by atoms with van der Waals surface area (Å²) >= 11 is 0. The number of anilines is 3. The Kier molecular flexibility index (Phi) is 4.17. The van der Waals surface area contributed by atoms with E-state index < -0.39 is 0 Å². The van der Waals surface area contributed by atoms with Crippen molar-refractivity contribution < 1.29 is 0 Å². The van der Waals surface area contributed by atoms with E-state index in [2.05, 4.69) is 30.6 Å². The van der Waals surface area contributed by atoms with E-state index in [0.717, 1.165) is 11.3 Å². The van der Waals surface area contributed by atoms with Gasteiger partial charge in [0.2, 0.25) is 11.9 Å². The topological polar surface area (TPSA) is 124 Å².